The second-order valence-electron chi connectivity index (χ2n) is 4.63. The van der Waals surface area contributed by atoms with E-state index in [0.29, 0.717) is 13.1 Å². The molecule has 0 atom stereocenters. The van der Waals surface area contributed by atoms with Gasteiger partial charge < -0.3 is 5.32 Å². The van der Waals surface area contributed by atoms with Crippen LogP contribution in [0.25, 0.3) is 11.0 Å². The summed E-state index contributed by atoms with van der Waals surface area (Å²) in [6.07, 6.45) is 1.70. The van der Waals surface area contributed by atoms with E-state index in [-0.39, 0.29) is 5.75 Å². The van der Waals surface area contributed by atoms with E-state index in [2.05, 4.69) is 15.3 Å². The van der Waals surface area contributed by atoms with E-state index in [1.165, 1.54) is 18.4 Å². The first-order valence-electron chi connectivity index (χ1n) is 6.30. The maximum atomic E-state index is 11.6. The number of sulfonamides is 1. The average molecular weight is 294 g/mol. The zero-order chi connectivity index (χ0) is 14.6. The highest BCUT2D eigenvalue weighted by molar-refractivity contribution is 7.89. The van der Waals surface area contributed by atoms with Gasteiger partial charge in [-0.1, -0.05) is 12.1 Å². The molecule has 0 aliphatic carbocycles. The van der Waals surface area contributed by atoms with Gasteiger partial charge in [-0.3, -0.25) is 4.98 Å². The van der Waals surface area contributed by atoms with Crippen LogP contribution in [0.4, 0.5) is 0 Å². The molecule has 0 radical (unpaired) electrons. The van der Waals surface area contributed by atoms with Crippen LogP contribution >= 0.6 is 0 Å². The minimum Gasteiger partial charge on any atom is -0.310 e. The summed E-state index contributed by atoms with van der Waals surface area (Å²) in [5.74, 6) is 0.0704. The molecule has 20 heavy (non-hydrogen) atoms. The Balaban J connectivity index is 1.90. The van der Waals surface area contributed by atoms with Gasteiger partial charge in [0.15, 0.2) is 0 Å². The Morgan fingerprint density at radius 3 is 2.60 bits per heavy atom. The molecule has 108 valence electrons. The highest BCUT2D eigenvalue weighted by Crippen LogP contribution is 2.08. The molecule has 0 aliphatic rings. The van der Waals surface area contributed by atoms with Crippen molar-refractivity contribution in [2.24, 2.45) is 0 Å². The SMILES string of the molecule is CN(C)S(=O)(=O)CCNCc1cnc2ccccc2n1. The number of fused-ring (bicyclic) bond motifs is 1. The Hall–Kier alpha value is -1.57. The molecule has 0 bridgehead atoms. The number of aromatic nitrogens is 2. The topological polar surface area (TPSA) is 75.2 Å². The lowest BCUT2D eigenvalue weighted by Crippen LogP contribution is -2.31. The van der Waals surface area contributed by atoms with Crippen LogP contribution in [-0.2, 0) is 16.6 Å². The molecule has 1 aromatic heterocycles. The number of nitrogens with zero attached hydrogens (tertiary/aromatic N) is 3. The van der Waals surface area contributed by atoms with Gasteiger partial charge in [-0.25, -0.2) is 17.7 Å². The molecule has 0 saturated heterocycles. The van der Waals surface area contributed by atoms with Gasteiger partial charge in [-0.2, -0.15) is 0 Å². The van der Waals surface area contributed by atoms with Crippen molar-refractivity contribution < 1.29 is 8.42 Å². The van der Waals surface area contributed by atoms with Gasteiger partial charge in [-0.15, -0.1) is 0 Å². The third kappa shape index (κ3) is 3.72. The fraction of sp³-hybridized carbons (Fsp3) is 0.385. The van der Waals surface area contributed by atoms with Gasteiger partial charge >= 0.3 is 0 Å². The fourth-order valence-electron chi connectivity index (χ4n) is 1.68. The maximum absolute atomic E-state index is 11.6. The van der Waals surface area contributed by atoms with Crippen LogP contribution in [0.1, 0.15) is 5.69 Å². The lowest BCUT2D eigenvalue weighted by Gasteiger charge is -2.11. The molecule has 0 spiro atoms. The molecule has 0 aliphatic heterocycles. The van der Waals surface area contributed by atoms with Gasteiger partial charge in [-0.05, 0) is 12.1 Å². The van der Waals surface area contributed by atoms with E-state index in [9.17, 15) is 8.42 Å². The number of rotatable bonds is 6. The number of hydrogen-bond donors (Lipinski definition) is 1. The van der Waals surface area contributed by atoms with Gasteiger partial charge in [0, 0.05) is 27.2 Å². The average Bonchev–Trinajstić information content (AvgIpc) is 2.43. The first kappa shape index (κ1) is 14.8. The molecule has 2 rings (SSSR count). The van der Waals surface area contributed by atoms with E-state index in [0.717, 1.165) is 16.7 Å². The van der Waals surface area contributed by atoms with Crippen molar-refractivity contribution in [3.8, 4) is 0 Å². The van der Waals surface area contributed by atoms with Crippen molar-refractivity contribution in [1.82, 2.24) is 19.6 Å². The fourth-order valence-corrected chi connectivity index (χ4v) is 2.45. The molecule has 1 aromatic carbocycles. The van der Waals surface area contributed by atoms with E-state index in [1.807, 2.05) is 24.3 Å². The summed E-state index contributed by atoms with van der Waals surface area (Å²) in [7, 11) is -0.0887. The largest absolute Gasteiger partial charge is 0.310 e. The molecule has 2 aromatic rings. The Morgan fingerprint density at radius 2 is 1.90 bits per heavy atom. The maximum Gasteiger partial charge on any atom is 0.214 e. The number of nitrogens with one attached hydrogen (secondary N) is 1. The molecule has 0 unspecified atom stereocenters. The Bertz CT molecular complexity index is 686. The van der Waals surface area contributed by atoms with Crippen LogP contribution < -0.4 is 5.32 Å². The normalized spacial score (nSPS) is 12.2. The smallest absolute Gasteiger partial charge is 0.214 e. The highest BCUT2D eigenvalue weighted by atomic mass is 32.2. The van der Waals surface area contributed by atoms with Crippen LogP contribution in [-0.4, -0.2) is 49.1 Å². The quantitative estimate of drug-likeness (QED) is 0.790. The lowest BCUT2D eigenvalue weighted by molar-refractivity contribution is 0.517. The Labute approximate surface area is 118 Å². The summed E-state index contributed by atoms with van der Waals surface area (Å²) in [4.78, 5) is 8.77. The summed E-state index contributed by atoms with van der Waals surface area (Å²) in [5, 5.41) is 3.07. The number of hydrogen-bond acceptors (Lipinski definition) is 5. The monoisotopic (exact) mass is 294 g/mol. The second-order valence-corrected chi connectivity index (χ2v) is 6.93. The van der Waals surface area contributed by atoms with Gasteiger partial charge in [0.2, 0.25) is 10.0 Å². The predicted octanol–water partition coefficient (Wildman–Crippen LogP) is 0.611. The minimum absolute atomic E-state index is 0.0704. The van der Waals surface area contributed by atoms with Crippen LogP contribution in [0.2, 0.25) is 0 Å². The van der Waals surface area contributed by atoms with Crippen molar-refractivity contribution in [3.63, 3.8) is 0 Å². The van der Waals surface area contributed by atoms with Crippen molar-refractivity contribution in [2.45, 2.75) is 6.54 Å². The van der Waals surface area contributed by atoms with Crippen molar-refractivity contribution in [1.29, 1.82) is 0 Å². The lowest BCUT2D eigenvalue weighted by atomic mass is 10.3. The third-order valence-corrected chi connectivity index (χ3v) is 4.73. The summed E-state index contributed by atoms with van der Waals surface area (Å²) in [5.41, 5.74) is 2.49. The van der Waals surface area contributed by atoms with Crippen LogP contribution in [0.15, 0.2) is 30.5 Å². The van der Waals surface area contributed by atoms with E-state index < -0.39 is 10.0 Å². The molecular weight excluding hydrogens is 276 g/mol. The van der Waals surface area contributed by atoms with Crippen molar-refractivity contribution >= 4 is 21.1 Å². The van der Waals surface area contributed by atoms with Crippen molar-refractivity contribution in [2.75, 3.05) is 26.4 Å². The number of benzene rings is 1. The zero-order valence-corrected chi connectivity index (χ0v) is 12.4. The Morgan fingerprint density at radius 1 is 1.20 bits per heavy atom. The summed E-state index contributed by atoms with van der Waals surface area (Å²) < 4.78 is 24.4. The molecule has 1 N–H and O–H groups in total. The first-order valence-corrected chi connectivity index (χ1v) is 7.91. The molecular formula is C13H18N4O2S. The van der Waals surface area contributed by atoms with E-state index in [1.54, 1.807) is 6.20 Å². The molecule has 1 heterocycles. The van der Waals surface area contributed by atoms with Gasteiger partial charge in [0.25, 0.3) is 0 Å². The Kier molecular flexibility index (Phi) is 4.64. The summed E-state index contributed by atoms with van der Waals surface area (Å²) in [6.45, 7) is 0.885. The molecule has 0 amide bonds. The second kappa shape index (κ2) is 6.25. The van der Waals surface area contributed by atoms with Gasteiger partial charge in [0.05, 0.1) is 28.7 Å². The van der Waals surface area contributed by atoms with E-state index >= 15 is 0 Å². The highest BCUT2D eigenvalue weighted by Gasteiger charge is 2.12. The molecule has 0 fully saturated rings. The standard InChI is InChI=1S/C13H18N4O2S/c1-17(2)20(18,19)8-7-14-9-11-10-15-12-5-3-4-6-13(12)16-11/h3-6,10,14H,7-9H2,1-2H3. The van der Waals surface area contributed by atoms with Gasteiger partial charge in [0.1, 0.15) is 0 Å². The minimum atomic E-state index is -3.15. The number of para-hydroxylation sites is 2. The summed E-state index contributed by atoms with van der Waals surface area (Å²) in [6, 6.07) is 7.64. The van der Waals surface area contributed by atoms with Crippen molar-refractivity contribution in [3.05, 3.63) is 36.2 Å². The molecule has 0 saturated carbocycles. The van der Waals surface area contributed by atoms with Crippen LogP contribution in [0, 0.1) is 0 Å². The first-order chi connectivity index (χ1) is 9.49. The van der Waals surface area contributed by atoms with Crippen LogP contribution in [0.5, 0.6) is 0 Å². The van der Waals surface area contributed by atoms with E-state index in [4.69, 9.17) is 0 Å². The molecule has 7 heteroatoms. The predicted molar refractivity (Wildman–Crippen MR) is 78.7 cm³/mol. The molecule has 6 nitrogen and oxygen atoms in total. The summed E-state index contributed by atoms with van der Waals surface area (Å²) >= 11 is 0. The zero-order valence-electron chi connectivity index (χ0n) is 11.6. The third-order valence-electron chi connectivity index (χ3n) is 2.90. The van der Waals surface area contributed by atoms with Crippen LogP contribution in [0.3, 0.4) is 0 Å².